The number of benzene rings is 2. The molecule has 3 rings (SSSR count). The molecule has 0 spiro atoms. The van der Waals surface area contributed by atoms with Crippen molar-refractivity contribution in [1.82, 2.24) is 10.3 Å². The maximum Gasteiger partial charge on any atom is 0.252 e. The third-order valence-corrected chi connectivity index (χ3v) is 4.69. The summed E-state index contributed by atoms with van der Waals surface area (Å²) in [4.78, 5) is 15.1. The van der Waals surface area contributed by atoms with Crippen molar-refractivity contribution in [2.24, 2.45) is 0 Å². The summed E-state index contributed by atoms with van der Waals surface area (Å²) >= 11 is 0. The van der Waals surface area contributed by atoms with Crippen LogP contribution in [0, 0.1) is 20.8 Å². The minimum atomic E-state index is -0.659. The molecule has 27 heavy (non-hydrogen) atoms. The fourth-order valence-electron chi connectivity index (χ4n) is 2.93. The number of H-pyrrole nitrogens is 1. The molecule has 142 valence electrons. The lowest BCUT2D eigenvalue weighted by Gasteiger charge is -2.14. The van der Waals surface area contributed by atoms with E-state index in [0.29, 0.717) is 18.7 Å². The summed E-state index contributed by atoms with van der Waals surface area (Å²) in [5.74, 6) is 0.749. The van der Waals surface area contributed by atoms with E-state index in [1.165, 1.54) is 5.56 Å². The largest absolute Gasteiger partial charge is 0.491 e. The van der Waals surface area contributed by atoms with Gasteiger partial charge in [0, 0.05) is 24.2 Å². The number of aryl methyl sites for hydroxylation is 3. The minimum absolute atomic E-state index is 0.111. The first-order valence-corrected chi connectivity index (χ1v) is 9.14. The van der Waals surface area contributed by atoms with Gasteiger partial charge in [-0.15, -0.1) is 0 Å². The van der Waals surface area contributed by atoms with Crippen molar-refractivity contribution < 1.29 is 9.84 Å². The monoisotopic (exact) mass is 366 g/mol. The highest BCUT2D eigenvalue weighted by atomic mass is 16.5. The Morgan fingerprint density at radius 3 is 2.67 bits per heavy atom. The van der Waals surface area contributed by atoms with E-state index in [2.05, 4.69) is 10.3 Å². The Kier molecular flexibility index (Phi) is 5.94. The van der Waals surface area contributed by atoms with Crippen LogP contribution in [0.15, 0.2) is 47.3 Å². The van der Waals surface area contributed by atoms with Gasteiger partial charge in [-0.25, -0.2) is 0 Å². The third-order valence-electron chi connectivity index (χ3n) is 4.69. The van der Waals surface area contributed by atoms with E-state index < -0.39 is 6.10 Å². The highest BCUT2D eigenvalue weighted by Crippen LogP contribution is 2.16. The van der Waals surface area contributed by atoms with E-state index in [-0.39, 0.29) is 12.2 Å². The molecule has 1 heterocycles. The highest BCUT2D eigenvalue weighted by molar-refractivity contribution is 5.79. The van der Waals surface area contributed by atoms with Crippen LogP contribution < -0.4 is 15.6 Å². The van der Waals surface area contributed by atoms with Crippen LogP contribution in [0.1, 0.15) is 22.3 Å². The maximum atomic E-state index is 12.2. The second kappa shape index (κ2) is 8.37. The zero-order valence-corrected chi connectivity index (χ0v) is 16.0. The zero-order chi connectivity index (χ0) is 19.4. The number of aliphatic hydroxyl groups is 1. The van der Waals surface area contributed by atoms with Crippen LogP contribution in [-0.4, -0.2) is 29.3 Å². The number of ether oxygens (including phenoxy) is 1. The second-order valence-corrected chi connectivity index (χ2v) is 7.06. The molecule has 0 saturated heterocycles. The number of pyridine rings is 1. The Balaban J connectivity index is 1.53. The van der Waals surface area contributed by atoms with Crippen molar-refractivity contribution in [1.29, 1.82) is 0 Å². The molecule has 3 N–H and O–H groups in total. The molecule has 5 heteroatoms. The number of hydrogen-bond acceptors (Lipinski definition) is 4. The lowest BCUT2D eigenvalue weighted by Crippen LogP contribution is -2.32. The number of nitrogens with one attached hydrogen (secondary N) is 2. The molecular weight excluding hydrogens is 340 g/mol. The van der Waals surface area contributed by atoms with Crippen molar-refractivity contribution in [2.75, 3.05) is 13.2 Å². The molecule has 0 amide bonds. The van der Waals surface area contributed by atoms with Gasteiger partial charge in [0.2, 0.25) is 0 Å². The van der Waals surface area contributed by atoms with Crippen LogP contribution in [0.4, 0.5) is 0 Å². The molecule has 0 saturated carbocycles. The van der Waals surface area contributed by atoms with Crippen molar-refractivity contribution in [3.63, 3.8) is 0 Å². The van der Waals surface area contributed by atoms with Gasteiger partial charge in [0.1, 0.15) is 18.5 Å². The number of aliphatic hydroxyl groups excluding tert-OH is 1. The summed E-state index contributed by atoms with van der Waals surface area (Å²) in [6.45, 7) is 7.03. The van der Waals surface area contributed by atoms with Crippen LogP contribution in [0.25, 0.3) is 10.9 Å². The molecule has 0 radical (unpaired) electrons. The van der Waals surface area contributed by atoms with Gasteiger partial charge in [0.15, 0.2) is 0 Å². The number of aromatic nitrogens is 1. The first kappa shape index (κ1) is 19.1. The summed E-state index contributed by atoms with van der Waals surface area (Å²) in [5, 5.41) is 14.2. The average molecular weight is 366 g/mol. The number of hydrogen-bond donors (Lipinski definition) is 3. The molecule has 0 aliphatic rings. The van der Waals surface area contributed by atoms with Gasteiger partial charge in [-0.1, -0.05) is 17.7 Å². The van der Waals surface area contributed by atoms with E-state index in [4.69, 9.17) is 4.74 Å². The van der Waals surface area contributed by atoms with Gasteiger partial charge >= 0.3 is 0 Å². The highest BCUT2D eigenvalue weighted by Gasteiger charge is 2.08. The van der Waals surface area contributed by atoms with Crippen molar-refractivity contribution in [3.05, 3.63) is 75.1 Å². The number of fused-ring (bicyclic) bond motifs is 1. The molecule has 5 nitrogen and oxygen atoms in total. The summed E-state index contributed by atoms with van der Waals surface area (Å²) < 4.78 is 5.64. The molecule has 1 atom stereocenters. The fourth-order valence-corrected chi connectivity index (χ4v) is 2.93. The Morgan fingerprint density at radius 2 is 1.89 bits per heavy atom. The quantitative estimate of drug-likeness (QED) is 0.601. The molecule has 0 bridgehead atoms. The standard InChI is InChI=1S/C22H26N2O3/c1-14-4-7-21-17(8-14)10-18(22(26)24-21)11-23-12-19(25)13-27-20-6-5-15(2)16(3)9-20/h4-10,19,23,25H,11-13H2,1-3H3,(H,24,26). The molecule has 0 aliphatic heterocycles. The third kappa shape index (κ3) is 4.96. The minimum Gasteiger partial charge on any atom is -0.491 e. The molecule has 3 aromatic rings. The van der Waals surface area contributed by atoms with Crippen molar-refractivity contribution in [2.45, 2.75) is 33.4 Å². The maximum absolute atomic E-state index is 12.2. The topological polar surface area (TPSA) is 74.4 Å². The van der Waals surface area contributed by atoms with Crippen LogP contribution >= 0.6 is 0 Å². The SMILES string of the molecule is Cc1ccc2[nH]c(=O)c(CNCC(O)COc3ccc(C)c(C)c3)cc2c1. The molecular formula is C22H26N2O3. The van der Waals surface area contributed by atoms with Crippen LogP contribution in [0.3, 0.4) is 0 Å². The number of aromatic amines is 1. The summed E-state index contributed by atoms with van der Waals surface area (Å²) in [6, 6.07) is 13.7. The van der Waals surface area contributed by atoms with E-state index in [0.717, 1.165) is 27.8 Å². The zero-order valence-electron chi connectivity index (χ0n) is 16.0. The second-order valence-electron chi connectivity index (χ2n) is 7.06. The van der Waals surface area contributed by atoms with Gasteiger partial charge in [0.25, 0.3) is 5.56 Å². The van der Waals surface area contributed by atoms with Gasteiger partial charge in [-0.05, 0) is 67.6 Å². The van der Waals surface area contributed by atoms with Crippen LogP contribution in [-0.2, 0) is 6.54 Å². The molecule has 1 unspecified atom stereocenters. The Bertz CT molecular complexity index is 995. The van der Waals surface area contributed by atoms with Gasteiger partial charge in [0.05, 0.1) is 0 Å². The lowest BCUT2D eigenvalue weighted by molar-refractivity contribution is 0.106. The van der Waals surface area contributed by atoms with Crippen LogP contribution in [0.5, 0.6) is 5.75 Å². The van der Waals surface area contributed by atoms with Gasteiger partial charge < -0.3 is 20.1 Å². The Labute approximate surface area is 159 Å². The van der Waals surface area contributed by atoms with E-state index in [1.54, 1.807) is 0 Å². The first-order chi connectivity index (χ1) is 12.9. The Hall–Kier alpha value is -2.63. The molecule has 2 aromatic carbocycles. The van der Waals surface area contributed by atoms with E-state index in [1.807, 2.05) is 63.2 Å². The van der Waals surface area contributed by atoms with E-state index >= 15 is 0 Å². The predicted molar refractivity (Wildman–Crippen MR) is 108 cm³/mol. The van der Waals surface area contributed by atoms with Crippen molar-refractivity contribution >= 4 is 10.9 Å². The fraction of sp³-hybridized carbons (Fsp3) is 0.318. The number of rotatable bonds is 7. The molecule has 0 aliphatic carbocycles. The van der Waals surface area contributed by atoms with Crippen molar-refractivity contribution in [3.8, 4) is 5.75 Å². The summed E-state index contributed by atoms with van der Waals surface area (Å²) in [7, 11) is 0. The first-order valence-electron chi connectivity index (χ1n) is 9.14. The van der Waals surface area contributed by atoms with Gasteiger partial charge in [-0.2, -0.15) is 0 Å². The van der Waals surface area contributed by atoms with Crippen LogP contribution in [0.2, 0.25) is 0 Å². The molecule has 1 aromatic heterocycles. The lowest BCUT2D eigenvalue weighted by atomic mass is 10.1. The Morgan fingerprint density at radius 1 is 1.07 bits per heavy atom. The average Bonchev–Trinajstić information content (AvgIpc) is 2.63. The normalized spacial score (nSPS) is 12.3. The molecule has 0 fully saturated rings. The van der Waals surface area contributed by atoms with Gasteiger partial charge in [-0.3, -0.25) is 4.79 Å². The smallest absolute Gasteiger partial charge is 0.252 e. The van der Waals surface area contributed by atoms with E-state index in [9.17, 15) is 9.90 Å². The summed E-state index contributed by atoms with van der Waals surface area (Å²) in [5.41, 5.74) is 4.88. The summed E-state index contributed by atoms with van der Waals surface area (Å²) in [6.07, 6.45) is -0.659. The predicted octanol–water partition coefficient (Wildman–Crippen LogP) is 2.98.